The van der Waals surface area contributed by atoms with E-state index in [1.165, 1.54) is 24.3 Å². The van der Waals surface area contributed by atoms with Gasteiger partial charge < -0.3 is 45.3 Å². The summed E-state index contributed by atoms with van der Waals surface area (Å²) in [6.07, 6.45) is -12.9. The minimum absolute atomic E-state index is 0.0505. The number of hydrogen-bond donors (Lipinski definition) is 6. The van der Waals surface area contributed by atoms with E-state index in [0.29, 0.717) is 52.7 Å². The molecule has 6 N–H and O–H groups in total. The highest BCUT2D eigenvalue weighted by Gasteiger charge is 2.47. The minimum Gasteiger partial charge on any atom is -0.479 e. The first-order valence-electron chi connectivity index (χ1n) is 23.5. The molecule has 8 rings (SSSR count). The van der Waals surface area contributed by atoms with Crippen LogP contribution in [0.25, 0.3) is 0 Å². The monoisotopic (exact) mass is 1070 g/mol. The number of amides is 6. The van der Waals surface area contributed by atoms with Gasteiger partial charge in [0.2, 0.25) is 0 Å². The highest BCUT2D eigenvalue weighted by Crippen LogP contribution is 2.42. The highest BCUT2D eigenvalue weighted by molar-refractivity contribution is 6.08. The van der Waals surface area contributed by atoms with Crippen molar-refractivity contribution in [1.82, 2.24) is 20.4 Å². The van der Waals surface area contributed by atoms with Gasteiger partial charge in [-0.2, -0.15) is 36.9 Å². The van der Waals surface area contributed by atoms with Crippen molar-refractivity contribution in [2.24, 2.45) is 0 Å². The number of carbonyl (C=O) groups is 6. The summed E-state index contributed by atoms with van der Waals surface area (Å²) >= 11 is 0. The molecule has 77 heavy (non-hydrogen) atoms. The molecule has 0 unspecified atom stereocenters. The molecular formula is C52H48F6N9O10+. The van der Waals surface area contributed by atoms with Crippen LogP contribution in [0, 0.1) is 22.7 Å². The van der Waals surface area contributed by atoms with E-state index in [-0.39, 0.29) is 60.1 Å². The fourth-order valence-corrected chi connectivity index (χ4v) is 9.30. The number of carboxylic acids is 2. The first-order valence-corrected chi connectivity index (χ1v) is 23.5. The van der Waals surface area contributed by atoms with Gasteiger partial charge >= 0.3 is 36.4 Å². The highest BCUT2D eigenvalue weighted by atomic mass is 19.4. The standard InChI is InChI=1S/C48H41F6N9O4.C4H6O6/c1-63(2,21-5-19-59-27-37-39(43(59)64)41(31-15-11-29(25-55)12-16-31)57-45(66)61(37)35-9-3-7-33(23-35)47(49,50)51)22-6-20-60-28-38-40(44(60)65)42(32-17-13-30(26-56)14-18-32)58-46(67)62(38)36-10-4-8-34(24-36)48(52,53)54;5-1(3(7)8)2(6)4(9)10/h3-4,7-18,23-24,41-42H,5-6,19-22,27-28H2,1-2H3,(H-,57,58,66,67);1-2,5-6H,(H,7,8)(H,9,10)/p+1/t41-,42-;1-,2-/m11/s1. The van der Waals surface area contributed by atoms with Gasteiger partial charge in [0.25, 0.3) is 11.8 Å². The lowest BCUT2D eigenvalue weighted by atomic mass is 9.94. The van der Waals surface area contributed by atoms with Crippen LogP contribution in [-0.4, -0.2) is 136 Å². The second kappa shape index (κ2) is 22.2. The van der Waals surface area contributed by atoms with Crippen molar-refractivity contribution in [3.05, 3.63) is 153 Å². The Morgan fingerprint density at radius 1 is 0.623 bits per heavy atom. The molecule has 0 radical (unpaired) electrons. The molecule has 4 aliphatic rings. The zero-order chi connectivity index (χ0) is 56.3. The van der Waals surface area contributed by atoms with Crippen LogP contribution in [0.15, 0.2) is 120 Å². The number of anilines is 2. The van der Waals surface area contributed by atoms with E-state index in [9.17, 15) is 65.6 Å². The number of aliphatic carboxylic acids is 2. The van der Waals surface area contributed by atoms with Gasteiger partial charge in [-0.3, -0.25) is 19.4 Å². The summed E-state index contributed by atoms with van der Waals surface area (Å²) in [7, 11) is 3.95. The Morgan fingerprint density at radius 3 is 1.29 bits per heavy atom. The van der Waals surface area contributed by atoms with E-state index in [1.54, 1.807) is 58.3 Å². The van der Waals surface area contributed by atoms with Crippen molar-refractivity contribution >= 4 is 47.2 Å². The van der Waals surface area contributed by atoms with Gasteiger partial charge in [-0.05, 0) is 71.8 Å². The average molecular weight is 1070 g/mol. The topological polar surface area (TPSA) is 268 Å². The normalized spacial score (nSPS) is 18.4. The molecule has 4 aliphatic heterocycles. The molecule has 19 nitrogen and oxygen atoms in total. The lowest BCUT2D eigenvalue weighted by Gasteiger charge is -2.34. The molecule has 0 aromatic heterocycles. The number of rotatable bonds is 15. The number of halogens is 6. The summed E-state index contributed by atoms with van der Waals surface area (Å²) in [6.45, 7) is 1.47. The van der Waals surface area contributed by atoms with Gasteiger partial charge in [0, 0.05) is 25.9 Å². The Balaban J connectivity index is 0.000000782. The number of carboxylic acid groups (broad SMARTS) is 2. The van der Waals surface area contributed by atoms with Gasteiger partial charge in [0.1, 0.15) is 0 Å². The fourth-order valence-electron chi connectivity index (χ4n) is 9.30. The maximum Gasteiger partial charge on any atom is 0.416 e. The number of nitriles is 2. The first-order chi connectivity index (χ1) is 36.2. The molecule has 0 fully saturated rings. The van der Waals surface area contributed by atoms with E-state index >= 15 is 0 Å². The molecule has 4 heterocycles. The zero-order valence-electron chi connectivity index (χ0n) is 40.8. The Bertz CT molecular complexity index is 2940. The number of benzene rings is 4. The predicted octanol–water partition coefficient (Wildman–Crippen LogP) is 5.64. The summed E-state index contributed by atoms with van der Waals surface area (Å²) in [5, 5.41) is 56.8. The van der Waals surface area contributed by atoms with Crippen LogP contribution in [0.2, 0.25) is 0 Å². The number of urea groups is 2. The fraction of sp³-hybridized carbons (Fsp3) is 0.308. The van der Waals surface area contributed by atoms with E-state index in [4.69, 9.17) is 20.4 Å². The van der Waals surface area contributed by atoms with Crippen LogP contribution in [0.4, 0.5) is 47.3 Å². The Morgan fingerprint density at radius 2 is 0.974 bits per heavy atom. The van der Waals surface area contributed by atoms with Crippen LogP contribution in [-0.2, 0) is 31.5 Å². The molecule has 6 amide bonds. The third kappa shape index (κ3) is 12.2. The molecule has 4 aromatic rings. The number of hydrogen-bond acceptors (Lipinski definition) is 10. The van der Waals surface area contributed by atoms with Gasteiger partial charge in [-0.25, -0.2) is 19.2 Å². The summed E-state index contributed by atoms with van der Waals surface area (Å²) in [4.78, 5) is 80.7. The van der Waals surface area contributed by atoms with Crippen LogP contribution < -0.4 is 20.4 Å². The van der Waals surface area contributed by atoms with Crippen molar-refractivity contribution < 1.29 is 80.0 Å². The smallest absolute Gasteiger partial charge is 0.416 e. The molecule has 402 valence electrons. The van der Waals surface area contributed by atoms with Gasteiger partial charge in [-0.15, -0.1) is 0 Å². The third-order valence-corrected chi connectivity index (χ3v) is 13.2. The maximum atomic E-state index is 14.2. The molecular weight excluding hydrogens is 1020 g/mol. The van der Waals surface area contributed by atoms with Crippen LogP contribution in [0.5, 0.6) is 0 Å². The van der Waals surface area contributed by atoms with E-state index in [2.05, 4.69) is 10.6 Å². The number of alkyl halides is 6. The number of aliphatic hydroxyl groups is 2. The van der Waals surface area contributed by atoms with Crippen molar-refractivity contribution in [2.45, 2.75) is 49.5 Å². The molecule has 0 aliphatic carbocycles. The second-order valence-electron chi connectivity index (χ2n) is 18.8. The van der Waals surface area contributed by atoms with Crippen molar-refractivity contribution in [3.63, 3.8) is 0 Å². The predicted molar refractivity (Wildman–Crippen MR) is 258 cm³/mol. The van der Waals surface area contributed by atoms with Crippen molar-refractivity contribution in [2.75, 3.05) is 63.2 Å². The molecule has 0 spiro atoms. The number of nitrogens with one attached hydrogen (secondary N) is 2. The quantitative estimate of drug-likeness (QED) is 0.0625. The molecule has 4 aromatic carbocycles. The number of quaternary nitrogens is 1. The molecule has 4 atom stereocenters. The van der Waals surface area contributed by atoms with Gasteiger partial charge in [0.05, 0.1) is 121 Å². The number of nitrogens with zero attached hydrogens (tertiary/aromatic N) is 7. The third-order valence-electron chi connectivity index (χ3n) is 13.2. The summed E-state index contributed by atoms with van der Waals surface area (Å²) in [6, 6.07) is 22.0. The Hall–Kier alpha value is -8.78. The average Bonchev–Trinajstić information content (AvgIpc) is 3.89. The van der Waals surface area contributed by atoms with E-state index < -0.39 is 83.6 Å². The summed E-state index contributed by atoms with van der Waals surface area (Å²) in [5.74, 6) is -4.34. The van der Waals surface area contributed by atoms with Crippen LogP contribution in [0.1, 0.15) is 58.3 Å². The number of carbonyl (C=O) groups excluding carboxylic acids is 4. The van der Waals surface area contributed by atoms with Crippen LogP contribution >= 0.6 is 0 Å². The Labute approximate surface area is 434 Å². The second-order valence-corrected chi connectivity index (χ2v) is 18.8. The lowest BCUT2D eigenvalue weighted by molar-refractivity contribution is -0.890. The van der Waals surface area contributed by atoms with Gasteiger partial charge in [-0.1, -0.05) is 36.4 Å². The lowest BCUT2D eigenvalue weighted by Crippen LogP contribution is -2.47. The summed E-state index contributed by atoms with van der Waals surface area (Å²) < 4.78 is 83.1. The van der Waals surface area contributed by atoms with Crippen molar-refractivity contribution in [3.8, 4) is 12.1 Å². The summed E-state index contributed by atoms with van der Waals surface area (Å²) in [5.41, 5.74) is 0.587. The largest absolute Gasteiger partial charge is 0.479 e. The SMILES string of the molecule is C[N+](C)(CCCN1CC2=C(C1=O)[C@@H](c1ccc(C#N)cc1)NC(=O)N2c1cccc(C(F)(F)F)c1)CCCN1CC2=C(C1=O)[C@@H](c1ccc(C#N)cc1)NC(=O)N2c1cccc(C(F)(F)F)c1.O=C(O)[C@H](O)[C@@H](O)C(=O)O. The molecule has 0 saturated carbocycles. The Kier molecular flexibility index (Phi) is 16.1. The van der Waals surface area contributed by atoms with Crippen molar-refractivity contribution in [1.29, 1.82) is 10.5 Å². The molecule has 0 saturated heterocycles. The number of aliphatic hydroxyl groups excluding tert-OH is 2. The molecule has 25 heteroatoms. The zero-order valence-corrected chi connectivity index (χ0v) is 40.8. The molecule has 0 bridgehead atoms. The first kappa shape index (κ1) is 56.0. The minimum atomic E-state index is -4.68. The van der Waals surface area contributed by atoms with E-state index in [0.717, 1.165) is 34.1 Å². The maximum absolute atomic E-state index is 14.2. The van der Waals surface area contributed by atoms with Gasteiger partial charge in [0.15, 0.2) is 12.2 Å². The van der Waals surface area contributed by atoms with Crippen LogP contribution in [0.3, 0.4) is 0 Å². The van der Waals surface area contributed by atoms with E-state index in [1.807, 2.05) is 26.2 Å².